The van der Waals surface area contributed by atoms with E-state index in [2.05, 4.69) is 46.9 Å². The molecular formula is C14H17N3. The number of rotatable bonds is 1. The van der Waals surface area contributed by atoms with Gasteiger partial charge in [0, 0.05) is 12.2 Å². The van der Waals surface area contributed by atoms with Crippen molar-refractivity contribution >= 4 is 0 Å². The first-order valence-corrected chi connectivity index (χ1v) is 6.10. The van der Waals surface area contributed by atoms with Gasteiger partial charge in [-0.3, -0.25) is 0 Å². The van der Waals surface area contributed by atoms with Gasteiger partial charge in [0.2, 0.25) is 0 Å². The highest BCUT2D eigenvalue weighted by Crippen LogP contribution is 2.23. The summed E-state index contributed by atoms with van der Waals surface area (Å²) >= 11 is 0. The normalized spacial score (nSPS) is 14.7. The lowest BCUT2D eigenvalue weighted by molar-refractivity contribution is 0.640. The number of fused-ring (bicyclic) bond motifs is 1. The molecule has 88 valence electrons. The second-order valence-electron chi connectivity index (χ2n) is 4.63. The summed E-state index contributed by atoms with van der Waals surface area (Å²) < 4.78 is 2.21. The van der Waals surface area contributed by atoms with Crippen molar-refractivity contribution in [2.24, 2.45) is 0 Å². The summed E-state index contributed by atoms with van der Waals surface area (Å²) in [6, 6.07) is 6.54. The van der Waals surface area contributed by atoms with E-state index in [0.29, 0.717) is 0 Å². The van der Waals surface area contributed by atoms with E-state index in [1.807, 2.05) is 6.33 Å². The van der Waals surface area contributed by atoms with E-state index in [1.165, 1.54) is 22.5 Å². The highest BCUT2D eigenvalue weighted by molar-refractivity contribution is 5.48. The first kappa shape index (κ1) is 10.5. The van der Waals surface area contributed by atoms with E-state index >= 15 is 0 Å². The van der Waals surface area contributed by atoms with Crippen molar-refractivity contribution in [2.45, 2.75) is 26.8 Å². The zero-order valence-electron chi connectivity index (χ0n) is 10.3. The van der Waals surface area contributed by atoms with Crippen LogP contribution in [0.2, 0.25) is 0 Å². The van der Waals surface area contributed by atoms with Crippen molar-refractivity contribution in [3.05, 3.63) is 47.0 Å². The van der Waals surface area contributed by atoms with Gasteiger partial charge in [0.15, 0.2) is 0 Å². The third-order valence-corrected chi connectivity index (χ3v) is 3.63. The summed E-state index contributed by atoms with van der Waals surface area (Å²) in [7, 11) is 0. The molecule has 2 aromatic rings. The van der Waals surface area contributed by atoms with Crippen LogP contribution in [-0.4, -0.2) is 16.1 Å². The molecule has 0 saturated heterocycles. The summed E-state index contributed by atoms with van der Waals surface area (Å²) in [6.07, 6.45) is 3.03. The molecule has 1 aliphatic heterocycles. The van der Waals surface area contributed by atoms with Gasteiger partial charge in [-0.15, -0.1) is 0 Å². The van der Waals surface area contributed by atoms with Crippen LogP contribution in [0.4, 0.5) is 0 Å². The fourth-order valence-corrected chi connectivity index (χ4v) is 2.48. The molecular weight excluding hydrogens is 210 g/mol. The molecule has 3 nitrogen and oxygen atoms in total. The van der Waals surface area contributed by atoms with Gasteiger partial charge in [-0.2, -0.15) is 0 Å². The van der Waals surface area contributed by atoms with Gasteiger partial charge >= 0.3 is 0 Å². The van der Waals surface area contributed by atoms with Gasteiger partial charge < -0.3 is 9.88 Å². The molecule has 1 aromatic heterocycles. The first-order valence-electron chi connectivity index (χ1n) is 6.10. The van der Waals surface area contributed by atoms with E-state index in [0.717, 1.165) is 25.2 Å². The Hall–Kier alpha value is -1.61. The third kappa shape index (κ3) is 1.67. The zero-order valence-corrected chi connectivity index (χ0v) is 10.3. The standard InChI is InChI=1S/C14H17N3/c1-10-11(2)17(9-16-10)14-5-3-4-12-8-15-7-6-13(12)14/h3-5,9,15H,6-8H2,1-2H3. The Morgan fingerprint density at radius 3 is 2.94 bits per heavy atom. The quantitative estimate of drug-likeness (QED) is 0.809. The average Bonchev–Trinajstić information content (AvgIpc) is 2.69. The van der Waals surface area contributed by atoms with Crippen LogP contribution in [0.1, 0.15) is 22.5 Å². The van der Waals surface area contributed by atoms with E-state index in [-0.39, 0.29) is 0 Å². The third-order valence-electron chi connectivity index (χ3n) is 3.63. The molecule has 1 aromatic carbocycles. The van der Waals surface area contributed by atoms with Gasteiger partial charge in [0.25, 0.3) is 0 Å². The first-order chi connectivity index (χ1) is 8.27. The number of imidazole rings is 1. The van der Waals surface area contributed by atoms with E-state index in [1.54, 1.807) is 0 Å². The number of nitrogens with zero attached hydrogens (tertiary/aromatic N) is 2. The SMILES string of the molecule is Cc1ncn(-c2cccc3c2CCNC3)c1C. The highest BCUT2D eigenvalue weighted by atomic mass is 15.1. The summed E-state index contributed by atoms with van der Waals surface area (Å²) in [5.41, 5.74) is 6.52. The van der Waals surface area contributed by atoms with Gasteiger partial charge in [-0.05, 0) is 44.0 Å². The summed E-state index contributed by atoms with van der Waals surface area (Å²) in [5.74, 6) is 0. The van der Waals surface area contributed by atoms with Crippen molar-refractivity contribution in [3.8, 4) is 5.69 Å². The zero-order chi connectivity index (χ0) is 11.8. The van der Waals surface area contributed by atoms with Crippen molar-refractivity contribution < 1.29 is 0 Å². The molecule has 0 saturated carbocycles. The average molecular weight is 227 g/mol. The van der Waals surface area contributed by atoms with Gasteiger partial charge in [0.05, 0.1) is 17.7 Å². The second kappa shape index (κ2) is 4.00. The largest absolute Gasteiger partial charge is 0.312 e. The molecule has 0 spiro atoms. The van der Waals surface area contributed by atoms with Crippen LogP contribution in [0.15, 0.2) is 24.5 Å². The molecule has 0 bridgehead atoms. The summed E-state index contributed by atoms with van der Waals surface area (Å²) in [6.45, 7) is 6.23. The second-order valence-corrected chi connectivity index (χ2v) is 4.63. The van der Waals surface area contributed by atoms with E-state index in [9.17, 15) is 0 Å². The predicted octanol–water partition coefficient (Wildman–Crippen LogP) is 2.13. The molecule has 1 aliphatic rings. The molecule has 0 unspecified atom stereocenters. The monoisotopic (exact) mass is 227 g/mol. The molecule has 2 heterocycles. The van der Waals surface area contributed by atoms with Crippen LogP contribution in [0, 0.1) is 13.8 Å². The van der Waals surface area contributed by atoms with Crippen molar-refractivity contribution in [1.82, 2.24) is 14.9 Å². The lowest BCUT2D eigenvalue weighted by atomic mass is 9.99. The van der Waals surface area contributed by atoms with Gasteiger partial charge in [-0.25, -0.2) is 4.98 Å². The molecule has 3 rings (SSSR count). The lowest BCUT2D eigenvalue weighted by Crippen LogP contribution is -2.24. The number of aryl methyl sites for hydroxylation is 1. The summed E-state index contributed by atoms with van der Waals surface area (Å²) in [5, 5.41) is 3.41. The van der Waals surface area contributed by atoms with Crippen molar-refractivity contribution in [1.29, 1.82) is 0 Å². The molecule has 3 heteroatoms. The van der Waals surface area contributed by atoms with Gasteiger partial charge in [-0.1, -0.05) is 12.1 Å². The molecule has 0 atom stereocenters. The van der Waals surface area contributed by atoms with Crippen molar-refractivity contribution in [3.63, 3.8) is 0 Å². The lowest BCUT2D eigenvalue weighted by Gasteiger charge is -2.21. The van der Waals surface area contributed by atoms with Crippen LogP contribution in [-0.2, 0) is 13.0 Å². The summed E-state index contributed by atoms with van der Waals surface area (Å²) in [4.78, 5) is 4.39. The number of hydrogen-bond donors (Lipinski definition) is 1. The Balaban J connectivity index is 2.18. The number of aromatic nitrogens is 2. The fourth-order valence-electron chi connectivity index (χ4n) is 2.48. The number of benzene rings is 1. The maximum absolute atomic E-state index is 4.39. The van der Waals surface area contributed by atoms with Gasteiger partial charge in [0.1, 0.15) is 0 Å². The van der Waals surface area contributed by atoms with Crippen LogP contribution in [0.25, 0.3) is 5.69 Å². The molecule has 0 radical (unpaired) electrons. The Morgan fingerprint density at radius 1 is 1.29 bits per heavy atom. The Morgan fingerprint density at radius 2 is 2.18 bits per heavy atom. The maximum Gasteiger partial charge on any atom is 0.0997 e. The Bertz CT molecular complexity index is 555. The number of nitrogens with one attached hydrogen (secondary N) is 1. The smallest absolute Gasteiger partial charge is 0.0997 e. The molecule has 0 fully saturated rings. The van der Waals surface area contributed by atoms with Crippen molar-refractivity contribution in [2.75, 3.05) is 6.54 Å². The van der Waals surface area contributed by atoms with Crippen LogP contribution in [0.5, 0.6) is 0 Å². The topological polar surface area (TPSA) is 29.9 Å². The maximum atomic E-state index is 4.39. The van der Waals surface area contributed by atoms with E-state index in [4.69, 9.17) is 0 Å². The minimum absolute atomic E-state index is 0.982. The predicted molar refractivity (Wildman–Crippen MR) is 68.4 cm³/mol. The molecule has 0 aliphatic carbocycles. The van der Waals surface area contributed by atoms with E-state index < -0.39 is 0 Å². The molecule has 0 amide bonds. The van der Waals surface area contributed by atoms with Crippen LogP contribution >= 0.6 is 0 Å². The number of hydrogen-bond acceptors (Lipinski definition) is 2. The molecule has 17 heavy (non-hydrogen) atoms. The Labute approximate surface area is 101 Å². The van der Waals surface area contributed by atoms with Crippen LogP contribution in [0.3, 0.4) is 0 Å². The minimum Gasteiger partial charge on any atom is -0.312 e. The minimum atomic E-state index is 0.982. The Kier molecular flexibility index (Phi) is 2.48. The molecule has 1 N–H and O–H groups in total. The highest BCUT2D eigenvalue weighted by Gasteiger charge is 2.14. The van der Waals surface area contributed by atoms with Crippen LogP contribution < -0.4 is 5.32 Å². The fraction of sp³-hybridized carbons (Fsp3) is 0.357.